The van der Waals surface area contributed by atoms with Gasteiger partial charge in [0, 0.05) is 21.4 Å². The number of nitrogens with zero attached hydrogens (tertiary/aromatic N) is 2. The molecule has 0 atom stereocenters. The minimum atomic E-state index is 0.655. The van der Waals surface area contributed by atoms with E-state index in [1.807, 2.05) is 44.2 Å². The highest BCUT2D eigenvalue weighted by Crippen LogP contribution is 2.30. The van der Waals surface area contributed by atoms with Crippen molar-refractivity contribution in [3.05, 3.63) is 57.9 Å². The lowest BCUT2D eigenvalue weighted by molar-refractivity contribution is 1.07. The number of nitriles is 1. The molecule has 0 saturated carbocycles. The lowest BCUT2D eigenvalue weighted by Gasteiger charge is -2.08. The number of hydrogen-bond acceptors (Lipinski definition) is 3. The molecule has 2 aromatic rings. The van der Waals surface area contributed by atoms with Crippen LogP contribution in [-0.4, -0.2) is 4.98 Å². The van der Waals surface area contributed by atoms with Gasteiger partial charge in [-0.15, -0.1) is 11.8 Å². The van der Waals surface area contributed by atoms with E-state index >= 15 is 0 Å². The number of aryl methyl sites for hydroxylation is 2. The van der Waals surface area contributed by atoms with E-state index in [0.717, 1.165) is 32.6 Å². The quantitative estimate of drug-likeness (QED) is 0.779. The third-order valence-corrected chi connectivity index (χ3v) is 4.20. The van der Waals surface area contributed by atoms with Crippen molar-refractivity contribution in [1.29, 1.82) is 5.26 Å². The number of benzene rings is 1. The Kier molecular flexibility index (Phi) is 4.47. The van der Waals surface area contributed by atoms with Gasteiger partial charge < -0.3 is 0 Å². The van der Waals surface area contributed by atoms with E-state index in [4.69, 9.17) is 11.6 Å². The van der Waals surface area contributed by atoms with Gasteiger partial charge in [0.25, 0.3) is 0 Å². The van der Waals surface area contributed by atoms with Crippen molar-refractivity contribution in [2.75, 3.05) is 0 Å². The monoisotopic (exact) mass is 288 g/mol. The topological polar surface area (TPSA) is 36.7 Å². The summed E-state index contributed by atoms with van der Waals surface area (Å²) in [5, 5.41) is 9.97. The van der Waals surface area contributed by atoms with Gasteiger partial charge in [-0.25, -0.2) is 0 Å². The normalized spacial score (nSPS) is 10.2. The Hall–Kier alpha value is -1.50. The van der Waals surface area contributed by atoms with Gasteiger partial charge in [0.15, 0.2) is 0 Å². The molecule has 0 amide bonds. The number of halogens is 1. The average molecular weight is 289 g/mol. The Labute approximate surface area is 122 Å². The van der Waals surface area contributed by atoms with Crippen LogP contribution in [0.15, 0.2) is 35.2 Å². The molecule has 0 aliphatic carbocycles. The maximum Gasteiger partial charge on any atom is 0.102 e. The highest BCUT2D eigenvalue weighted by Gasteiger charge is 2.09. The molecule has 96 valence electrons. The fraction of sp³-hybridized carbons (Fsp3) is 0.200. The zero-order valence-electron chi connectivity index (χ0n) is 10.8. The summed E-state index contributed by atoms with van der Waals surface area (Å²) in [4.78, 5) is 5.28. The summed E-state index contributed by atoms with van der Waals surface area (Å²) in [6.45, 7) is 3.80. The zero-order valence-corrected chi connectivity index (χ0v) is 12.3. The van der Waals surface area contributed by atoms with Crippen LogP contribution in [0.25, 0.3) is 0 Å². The molecule has 0 spiro atoms. The highest BCUT2D eigenvalue weighted by molar-refractivity contribution is 7.98. The average Bonchev–Trinajstić information content (AvgIpc) is 2.37. The number of thioether (sulfide) groups is 1. The Morgan fingerprint density at radius 1 is 1.32 bits per heavy atom. The molecule has 0 bridgehead atoms. The maximum absolute atomic E-state index is 9.21. The van der Waals surface area contributed by atoms with Crippen LogP contribution in [0.2, 0.25) is 5.02 Å². The molecule has 4 heteroatoms. The first-order chi connectivity index (χ1) is 9.11. The van der Waals surface area contributed by atoms with Crippen LogP contribution in [-0.2, 0) is 5.75 Å². The van der Waals surface area contributed by atoms with Gasteiger partial charge in [0.2, 0.25) is 0 Å². The molecule has 0 aliphatic heterocycles. The van der Waals surface area contributed by atoms with E-state index in [-0.39, 0.29) is 0 Å². The van der Waals surface area contributed by atoms with Crippen molar-refractivity contribution in [3.63, 3.8) is 0 Å². The van der Waals surface area contributed by atoms with E-state index < -0.39 is 0 Å². The summed E-state index contributed by atoms with van der Waals surface area (Å²) in [7, 11) is 0. The molecule has 2 nitrogen and oxygen atoms in total. The summed E-state index contributed by atoms with van der Waals surface area (Å²) >= 11 is 7.76. The summed E-state index contributed by atoms with van der Waals surface area (Å²) in [5.41, 5.74) is 3.44. The lowest BCUT2D eigenvalue weighted by atomic mass is 10.2. The molecule has 1 aromatic heterocycles. The van der Waals surface area contributed by atoms with Crippen molar-refractivity contribution >= 4 is 23.4 Å². The third kappa shape index (κ3) is 3.28. The van der Waals surface area contributed by atoms with Crippen LogP contribution in [0.5, 0.6) is 0 Å². The molecule has 1 aromatic carbocycles. The van der Waals surface area contributed by atoms with Crippen molar-refractivity contribution in [2.45, 2.75) is 24.5 Å². The smallest absolute Gasteiger partial charge is 0.102 e. The minimum absolute atomic E-state index is 0.655. The van der Waals surface area contributed by atoms with E-state index in [1.165, 1.54) is 0 Å². The van der Waals surface area contributed by atoms with E-state index in [9.17, 15) is 5.26 Å². The van der Waals surface area contributed by atoms with Crippen LogP contribution in [0.1, 0.15) is 22.5 Å². The fourth-order valence-electron chi connectivity index (χ4n) is 1.81. The van der Waals surface area contributed by atoms with Gasteiger partial charge in [0.1, 0.15) is 6.07 Å². The van der Waals surface area contributed by atoms with Crippen molar-refractivity contribution in [1.82, 2.24) is 4.98 Å². The molecule has 1 heterocycles. The van der Waals surface area contributed by atoms with Gasteiger partial charge in [-0.1, -0.05) is 29.8 Å². The number of hydrogen-bond donors (Lipinski definition) is 0. The molecule has 2 rings (SSSR count). The number of rotatable bonds is 3. The van der Waals surface area contributed by atoms with Gasteiger partial charge in [-0.2, -0.15) is 5.26 Å². The van der Waals surface area contributed by atoms with Crippen LogP contribution >= 0.6 is 23.4 Å². The Balaban J connectivity index is 2.25. The second-order valence-corrected chi connectivity index (χ2v) is 5.64. The molecule has 0 saturated heterocycles. The standard InChI is InChI=1S/C15H13ClN2S/c1-10-7-15(13(8-17)11(2)18-10)19-9-12-5-3-4-6-14(12)16/h3-7H,9H2,1-2H3. The summed E-state index contributed by atoms with van der Waals surface area (Å²) in [5.74, 6) is 0.747. The highest BCUT2D eigenvalue weighted by atomic mass is 35.5. The molecule has 0 aliphatic rings. The first-order valence-corrected chi connectivity index (χ1v) is 7.22. The molecule has 0 radical (unpaired) electrons. The van der Waals surface area contributed by atoms with Gasteiger partial charge >= 0.3 is 0 Å². The van der Waals surface area contributed by atoms with Crippen LogP contribution in [0.3, 0.4) is 0 Å². The van der Waals surface area contributed by atoms with Crippen LogP contribution < -0.4 is 0 Å². The third-order valence-electron chi connectivity index (χ3n) is 2.75. The van der Waals surface area contributed by atoms with E-state index in [0.29, 0.717) is 5.56 Å². The van der Waals surface area contributed by atoms with E-state index in [2.05, 4.69) is 11.1 Å². The minimum Gasteiger partial charge on any atom is -0.257 e. The first kappa shape index (κ1) is 13.9. The van der Waals surface area contributed by atoms with Crippen molar-refractivity contribution < 1.29 is 0 Å². The van der Waals surface area contributed by atoms with Crippen LogP contribution in [0.4, 0.5) is 0 Å². The second-order valence-electron chi connectivity index (χ2n) is 4.21. The number of aromatic nitrogens is 1. The Morgan fingerprint density at radius 2 is 2.05 bits per heavy atom. The second kappa shape index (κ2) is 6.10. The molecule has 0 unspecified atom stereocenters. The fourth-order valence-corrected chi connectivity index (χ4v) is 3.25. The largest absolute Gasteiger partial charge is 0.257 e. The van der Waals surface area contributed by atoms with Gasteiger partial charge in [-0.3, -0.25) is 4.98 Å². The molecule has 0 fully saturated rings. The Morgan fingerprint density at radius 3 is 2.74 bits per heavy atom. The van der Waals surface area contributed by atoms with Crippen LogP contribution in [0, 0.1) is 25.2 Å². The summed E-state index contributed by atoms with van der Waals surface area (Å²) in [6.07, 6.45) is 0. The lowest BCUT2D eigenvalue weighted by Crippen LogP contribution is -1.94. The van der Waals surface area contributed by atoms with Crippen molar-refractivity contribution in [2.24, 2.45) is 0 Å². The molecule has 0 N–H and O–H groups in total. The molecular formula is C15H13ClN2S. The summed E-state index contributed by atoms with van der Waals surface area (Å²) in [6, 6.07) is 11.9. The molecule has 19 heavy (non-hydrogen) atoms. The maximum atomic E-state index is 9.21. The summed E-state index contributed by atoms with van der Waals surface area (Å²) < 4.78 is 0. The Bertz CT molecular complexity index is 647. The van der Waals surface area contributed by atoms with E-state index in [1.54, 1.807) is 11.8 Å². The van der Waals surface area contributed by atoms with Crippen molar-refractivity contribution in [3.8, 4) is 6.07 Å². The number of pyridine rings is 1. The van der Waals surface area contributed by atoms with Gasteiger partial charge in [-0.05, 0) is 31.5 Å². The first-order valence-electron chi connectivity index (χ1n) is 5.86. The molecular weight excluding hydrogens is 276 g/mol. The zero-order chi connectivity index (χ0) is 13.8. The predicted octanol–water partition coefficient (Wildman–Crippen LogP) is 4.52. The van der Waals surface area contributed by atoms with Gasteiger partial charge in [0.05, 0.1) is 11.3 Å². The predicted molar refractivity (Wildman–Crippen MR) is 79.4 cm³/mol. The SMILES string of the molecule is Cc1cc(SCc2ccccc2Cl)c(C#N)c(C)n1.